The molecule has 200 valence electrons. The Kier molecular flexibility index (Phi) is 8.42. The second-order valence-electron chi connectivity index (χ2n) is 9.68. The van der Waals surface area contributed by atoms with Gasteiger partial charge in [-0.25, -0.2) is 0 Å². The lowest BCUT2D eigenvalue weighted by molar-refractivity contribution is -0.142. The summed E-state index contributed by atoms with van der Waals surface area (Å²) in [5, 5.41) is 15.4. The number of amides is 3. The lowest BCUT2D eigenvalue weighted by Gasteiger charge is -2.28. The Balaban J connectivity index is 1.45. The van der Waals surface area contributed by atoms with Crippen LogP contribution in [0.5, 0.6) is 0 Å². The maximum absolute atomic E-state index is 13.4. The minimum absolute atomic E-state index is 0.172. The molecule has 0 bridgehead atoms. The van der Waals surface area contributed by atoms with Crippen LogP contribution in [0.15, 0.2) is 60.8 Å². The number of aromatic amines is 1. The van der Waals surface area contributed by atoms with E-state index in [0.29, 0.717) is 25.8 Å². The van der Waals surface area contributed by atoms with Crippen LogP contribution in [-0.2, 0) is 32.0 Å². The van der Waals surface area contributed by atoms with Crippen LogP contribution in [0.1, 0.15) is 30.9 Å². The van der Waals surface area contributed by atoms with Crippen molar-refractivity contribution in [2.24, 2.45) is 5.73 Å². The van der Waals surface area contributed by atoms with E-state index in [0.717, 1.165) is 22.0 Å². The van der Waals surface area contributed by atoms with E-state index in [1.165, 1.54) is 11.8 Å². The highest BCUT2D eigenvalue weighted by molar-refractivity contribution is 5.95. The topological polar surface area (TPSA) is 158 Å². The van der Waals surface area contributed by atoms with Gasteiger partial charge in [0.15, 0.2) is 0 Å². The SMILES string of the molecule is CC(NC(=O)C(Cc1ccccc1)NC(=O)C1CCCN1C(=O)C(N)Cc1c[nH]c2ccccc12)C(=O)O. The molecular formula is C28H33N5O5. The second kappa shape index (κ2) is 11.9. The molecule has 3 aromatic rings. The summed E-state index contributed by atoms with van der Waals surface area (Å²) in [5.74, 6) is -2.57. The number of hydrogen-bond donors (Lipinski definition) is 5. The first-order valence-corrected chi connectivity index (χ1v) is 12.7. The third-order valence-corrected chi connectivity index (χ3v) is 6.92. The van der Waals surface area contributed by atoms with E-state index in [2.05, 4.69) is 15.6 Å². The number of benzene rings is 2. The molecule has 6 N–H and O–H groups in total. The molecule has 0 radical (unpaired) electrons. The van der Waals surface area contributed by atoms with Crippen molar-refractivity contribution in [3.8, 4) is 0 Å². The summed E-state index contributed by atoms with van der Waals surface area (Å²) in [4.78, 5) is 55.5. The van der Waals surface area contributed by atoms with Gasteiger partial charge in [0.2, 0.25) is 17.7 Å². The van der Waals surface area contributed by atoms with Gasteiger partial charge in [-0.1, -0.05) is 48.5 Å². The maximum atomic E-state index is 13.4. The minimum atomic E-state index is -1.18. The quantitative estimate of drug-likeness (QED) is 0.272. The number of aliphatic carboxylic acids is 1. The molecule has 10 heteroatoms. The number of carboxylic acid groups (broad SMARTS) is 1. The Morgan fingerprint density at radius 3 is 2.50 bits per heavy atom. The van der Waals surface area contributed by atoms with E-state index in [4.69, 9.17) is 5.73 Å². The van der Waals surface area contributed by atoms with Gasteiger partial charge < -0.3 is 31.4 Å². The number of nitrogens with zero attached hydrogens (tertiary/aromatic N) is 1. The van der Waals surface area contributed by atoms with Gasteiger partial charge in [0.05, 0.1) is 6.04 Å². The number of para-hydroxylation sites is 1. The molecule has 0 saturated carbocycles. The molecule has 2 heterocycles. The third-order valence-electron chi connectivity index (χ3n) is 6.92. The summed E-state index contributed by atoms with van der Waals surface area (Å²) in [6.07, 6.45) is 3.42. The van der Waals surface area contributed by atoms with Gasteiger partial charge in [0, 0.05) is 30.1 Å². The lowest BCUT2D eigenvalue weighted by atomic mass is 10.0. The zero-order chi connectivity index (χ0) is 27.2. The van der Waals surface area contributed by atoms with Crippen LogP contribution >= 0.6 is 0 Å². The summed E-state index contributed by atoms with van der Waals surface area (Å²) in [7, 11) is 0. The van der Waals surface area contributed by atoms with Gasteiger partial charge >= 0.3 is 5.97 Å². The van der Waals surface area contributed by atoms with Gasteiger partial charge in [0.1, 0.15) is 18.1 Å². The molecule has 10 nitrogen and oxygen atoms in total. The van der Waals surface area contributed by atoms with Crippen molar-refractivity contribution in [2.45, 2.75) is 56.8 Å². The van der Waals surface area contributed by atoms with E-state index >= 15 is 0 Å². The van der Waals surface area contributed by atoms with Crippen LogP contribution in [0.25, 0.3) is 10.9 Å². The number of fused-ring (bicyclic) bond motifs is 1. The fraction of sp³-hybridized carbons (Fsp3) is 0.357. The molecule has 0 spiro atoms. The summed E-state index contributed by atoms with van der Waals surface area (Å²) < 4.78 is 0. The molecule has 1 saturated heterocycles. The number of carbonyl (C=O) groups is 4. The van der Waals surface area contributed by atoms with Crippen LogP contribution in [0.3, 0.4) is 0 Å². The highest BCUT2D eigenvalue weighted by Crippen LogP contribution is 2.22. The molecular weight excluding hydrogens is 486 g/mol. The molecule has 3 amide bonds. The minimum Gasteiger partial charge on any atom is -0.480 e. The van der Waals surface area contributed by atoms with Crippen LogP contribution in [0.4, 0.5) is 0 Å². The number of nitrogens with one attached hydrogen (secondary N) is 3. The summed E-state index contributed by atoms with van der Waals surface area (Å²) >= 11 is 0. The average Bonchev–Trinajstić information content (AvgIpc) is 3.56. The first-order valence-electron chi connectivity index (χ1n) is 12.7. The number of likely N-dealkylation sites (tertiary alicyclic amines) is 1. The van der Waals surface area contributed by atoms with Crippen molar-refractivity contribution in [2.75, 3.05) is 6.54 Å². The molecule has 4 atom stereocenters. The summed E-state index contributed by atoms with van der Waals surface area (Å²) in [6.45, 7) is 1.75. The van der Waals surface area contributed by atoms with Gasteiger partial charge in [0.25, 0.3) is 0 Å². The maximum Gasteiger partial charge on any atom is 0.325 e. The third kappa shape index (κ3) is 6.20. The van der Waals surface area contributed by atoms with Crippen molar-refractivity contribution in [1.29, 1.82) is 0 Å². The highest BCUT2D eigenvalue weighted by atomic mass is 16.4. The van der Waals surface area contributed by atoms with Gasteiger partial charge in [-0.05, 0) is 43.4 Å². The molecule has 1 aliphatic rings. The van der Waals surface area contributed by atoms with Gasteiger partial charge in [-0.3, -0.25) is 19.2 Å². The van der Waals surface area contributed by atoms with E-state index < -0.39 is 42.0 Å². The molecule has 1 fully saturated rings. The van der Waals surface area contributed by atoms with Crippen molar-refractivity contribution >= 4 is 34.6 Å². The monoisotopic (exact) mass is 519 g/mol. The molecule has 2 aromatic carbocycles. The number of H-pyrrole nitrogens is 1. The first kappa shape index (κ1) is 26.9. The van der Waals surface area contributed by atoms with E-state index in [1.54, 1.807) is 0 Å². The standard InChI is InChI=1S/C28H33N5O5/c1-17(28(37)38)31-25(34)23(14-18-8-3-2-4-9-18)32-26(35)24-12-7-13-33(24)27(36)21(29)15-19-16-30-22-11-6-5-10-20(19)22/h2-6,8-11,16-17,21,23-24,30H,7,12-15,29H2,1H3,(H,31,34)(H,32,35)(H,37,38). The first-order chi connectivity index (χ1) is 18.2. The fourth-order valence-electron chi connectivity index (χ4n) is 4.84. The number of hydrogen-bond acceptors (Lipinski definition) is 5. The van der Waals surface area contributed by atoms with Crippen LogP contribution < -0.4 is 16.4 Å². The zero-order valence-electron chi connectivity index (χ0n) is 21.2. The number of rotatable bonds is 10. The number of carboxylic acids is 1. The highest BCUT2D eigenvalue weighted by Gasteiger charge is 2.38. The van der Waals surface area contributed by atoms with Crippen LogP contribution in [0, 0.1) is 0 Å². The Morgan fingerprint density at radius 1 is 1.05 bits per heavy atom. The lowest BCUT2D eigenvalue weighted by Crippen LogP contribution is -2.57. The predicted molar refractivity (Wildman–Crippen MR) is 142 cm³/mol. The van der Waals surface area contributed by atoms with E-state index in [-0.39, 0.29) is 12.3 Å². The Hall–Kier alpha value is -4.18. The van der Waals surface area contributed by atoms with Crippen molar-refractivity contribution in [1.82, 2.24) is 20.5 Å². The molecule has 4 unspecified atom stereocenters. The van der Waals surface area contributed by atoms with Crippen LogP contribution in [-0.4, -0.2) is 69.4 Å². The molecule has 1 aromatic heterocycles. The molecule has 4 rings (SSSR count). The van der Waals surface area contributed by atoms with Crippen molar-refractivity contribution in [3.05, 3.63) is 71.9 Å². The fourth-order valence-corrected chi connectivity index (χ4v) is 4.84. The predicted octanol–water partition coefficient (Wildman–Crippen LogP) is 1.35. The summed E-state index contributed by atoms with van der Waals surface area (Å²) in [5.41, 5.74) is 9.01. The van der Waals surface area contributed by atoms with Crippen molar-refractivity contribution in [3.63, 3.8) is 0 Å². The van der Waals surface area contributed by atoms with Gasteiger partial charge in [-0.2, -0.15) is 0 Å². The Labute approximate surface area is 220 Å². The number of carbonyl (C=O) groups excluding carboxylic acids is 3. The number of nitrogens with two attached hydrogens (primary N) is 1. The zero-order valence-corrected chi connectivity index (χ0v) is 21.2. The van der Waals surface area contributed by atoms with Crippen LogP contribution in [0.2, 0.25) is 0 Å². The average molecular weight is 520 g/mol. The molecule has 38 heavy (non-hydrogen) atoms. The number of aromatic nitrogens is 1. The van der Waals surface area contributed by atoms with E-state index in [9.17, 15) is 24.3 Å². The van der Waals surface area contributed by atoms with E-state index in [1.807, 2.05) is 60.8 Å². The summed E-state index contributed by atoms with van der Waals surface area (Å²) in [6, 6.07) is 13.2. The Morgan fingerprint density at radius 2 is 1.76 bits per heavy atom. The second-order valence-corrected chi connectivity index (χ2v) is 9.68. The smallest absolute Gasteiger partial charge is 0.325 e. The van der Waals surface area contributed by atoms with Crippen molar-refractivity contribution < 1.29 is 24.3 Å². The molecule has 1 aliphatic heterocycles. The van der Waals surface area contributed by atoms with Gasteiger partial charge in [-0.15, -0.1) is 0 Å². The normalized spacial score (nSPS) is 17.5. The Bertz CT molecular complexity index is 1310. The largest absolute Gasteiger partial charge is 0.480 e. The molecule has 0 aliphatic carbocycles.